The van der Waals surface area contributed by atoms with Crippen molar-refractivity contribution in [1.82, 2.24) is 4.90 Å². The number of methoxy groups -OCH3 is 1. The molecule has 5 nitrogen and oxygen atoms in total. The van der Waals surface area contributed by atoms with Gasteiger partial charge in [0.2, 0.25) is 5.91 Å². The fraction of sp³-hybridized carbons (Fsp3) is 0.556. The van der Waals surface area contributed by atoms with Gasteiger partial charge in [-0.15, -0.1) is 0 Å². The van der Waals surface area contributed by atoms with Gasteiger partial charge in [-0.2, -0.15) is 0 Å². The summed E-state index contributed by atoms with van der Waals surface area (Å²) >= 11 is 0. The van der Waals surface area contributed by atoms with E-state index in [1.807, 2.05) is 44.2 Å². The Kier molecular flexibility index (Phi) is 5.77. The largest absolute Gasteiger partial charge is 0.481 e. The molecule has 3 atom stereocenters. The van der Waals surface area contributed by atoms with Crippen LogP contribution in [-0.4, -0.2) is 47.7 Å². The number of carbonyl (C=O) groups excluding carboxylic acids is 1. The Balaban J connectivity index is 2.25. The van der Waals surface area contributed by atoms with Crippen molar-refractivity contribution in [2.75, 3.05) is 13.7 Å². The van der Waals surface area contributed by atoms with Crippen molar-refractivity contribution < 1.29 is 19.4 Å². The molecule has 1 aliphatic heterocycles. The second-order valence-corrected chi connectivity index (χ2v) is 6.47. The zero-order chi connectivity index (χ0) is 17.0. The van der Waals surface area contributed by atoms with Crippen LogP contribution < -0.4 is 0 Å². The molecule has 2 rings (SSSR count). The van der Waals surface area contributed by atoms with Crippen LogP contribution in [0.5, 0.6) is 0 Å². The number of likely N-dealkylation sites (tertiary alicyclic amines) is 1. The number of nitrogens with zero attached hydrogens (tertiary/aromatic N) is 1. The van der Waals surface area contributed by atoms with Gasteiger partial charge in [0.05, 0.1) is 18.4 Å². The maximum atomic E-state index is 13.1. The maximum Gasteiger partial charge on any atom is 0.305 e. The number of benzene rings is 1. The van der Waals surface area contributed by atoms with Gasteiger partial charge in [-0.05, 0) is 17.9 Å². The Hall–Kier alpha value is -1.88. The summed E-state index contributed by atoms with van der Waals surface area (Å²) in [5, 5.41) is 9.12. The first-order chi connectivity index (χ1) is 10.9. The first-order valence-electron chi connectivity index (χ1n) is 8.04. The van der Waals surface area contributed by atoms with E-state index in [0.717, 1.165) is 5.56 Å². The molecule has 23 heavy (non-hydrogen) atoms. The summed E-state index contributed by atoms with van der Waals surface area (Å²) in [6.07, 6.45) is 0.450. The molecule has 1 amide bonds. The van der Waals surface area contributed by atoms with Gasteiger partial charge >= 0.3 is 5.97 Å². The second kappa shape index (κ2) is 7.59. The number of aliphatic carboxylic acids is 1. The standard InChI is InChI=1S/C18H25NO4/c1-12(2)17(13-7-5-4-6-8-13)18(22)19-11-15(23-3)9-14(19)10-16(20)21/h4-8,12,14-15,17H,9-11H2,1-3H3,(H,20,21). The molecule has 0 saturated carbocycles. The zero-order valence-electron chi connectivity index (χ0n) is 13.9. The molecule has 0 radical (unpaired) electrons. The van der Waals surface area contributed by atoms with Gasteiger partial charge in [0.25, 0.3) is 0 Å². The van der Waals surface area contributed by atoms with E-state index in [4.69, 9.17) is 9.84 Å². The highest BCUT2D eigenvalue weighted by Gasteiger charge is 2.40. The van der Waals surface area contributed by atoms with Gasteiger partial charge in [0.1, 0.15) is 0 Å². The van der Waals surface area contributed by atoms with E-state index < -0.39 is 5.97 Å². The third-order valence-corrected chi connectivity index (χ3v) is 4.49. The van der Waals surface area contributed by atoms with Gasteiger partial charge in [-0.1, -0.05) is 44.2 Å². The number of hydrogen-bond donors (Lipinski definition) is 1. The third-order valence-electron chi connectivity index (χ3n) is 4.49. The molecule has 1 aromatic rings. The van der Waals surface area contributed by atoms with Crippen LogP contribution in [0, 0.1) is 5.92 Å². The van der Waals surface area contributed by atoms with E-state index in [-0.39, 0.29) is 36.3 Å². The summed E-state index contributed by atoms with van der Waals surface area (Å²) in [5.74, 6) is -1.01. The monoisotopic (exact) mass is 319 g/mol. The van der Waals surface area contributed by atoms with Crippen molar-refractivity contribution in [3.63, 3.8) is 0 Å². The van der Waals surface area contributed by atoms with Crippen LogP contribution >= 0.6 is 0 Å². The van der Waals surface area contributed by atoms with Gasteiger partial charge in [-0.25, -0.2) is 0 Å². The van der Waals surface area contributed by atoms with E-state index in [0.29, 0.717) is 13.0 Å². The molecule has 3 unspecified atom stereocenters. The number of carbonyl (C=O) groups is 2. The van der Waals surface area contributed by atoms with Crippen molar-refractivity contribution in [3.05, 3.63) is 35.9 Å². The molecule has 0 aromatic heterocycles. The Morgan fingerprint density at radius 3 is 2.48 bits per heavy atom. The molecule has 5 heteroatoms. The molecule has 1 aliphatic rings. The first-order valence-corrected chi connectivity index (χ1v) is 8.04. The molecule has 126 valence electrons. The predicted molar refractivity (Wildman–Crippen MR) is 87.2 cm³/mol. The number of rotatable bonds is 6. The van der Waals surface area contributed by atoms with E-state index in [1.165, 1.54) is 0 Å². The van der Waals surface area contributed by atoms with Crippen LogP contribution in [0.3, 0.4) is 0 Å². The van der Waals surface area contributed by atoms with E-state index in [1.54, 1.807) is 12.0 Å². The average molecular weight is 319 g/mol. The molecule has 1 saturated heterocycles. The Morgan fingerprint density at radius 1 is 1.30 bits per heavy atom. The minimum absolute atomic E-state index is 0.00278. The predicted octanol–water partition coefficient (Wildman–Crippen LogP) is 2.52. The molecule has 1 heterocycles. The van der Waals surface area contributed by atoms with Crippen LogP contribution in [0.4, 0.5) is 0 Å². The van der Waals surface area contributed by atoms with Crippen molar-refractivity contribution in [2.24, 2.45) is 5.92 Å². The highest BCUT2D eigenvalue weighted by Crippen LogP contribution is 2.31. The SMILES string of the molecule is COC1CC(CC(=O)O)N(C(=O)C(c2ccccc2)C(C)C)C1. The van der Waals surface area contributed by atoms with E-state index in [9.17, 15) is 9.59 Å². The Labute approximate surface area is 137 Å². The van der Waals surface area contributed by atoms with Crippen LogP contribution in [-0.2, 0) is 14.3 Å². The molecule has 0 spiro atoms. The lowest BCUT2D eigenvalue weighted by atomic mass is 9.87. The molecular formula is C18H25NO4. The number of carboxylic acid groups (broad SMARTS) is 1. The Bertz CT molecular complexity index is 543. The Morgan fingerprint density at radius 2 is 1.96 bits per heavy atom. The smallest absolute Gasteiger partial charge is 0.305 e. The molecule has 1 fully saturated rings. The molecular weight excluding hydrogens is 294 g/mol. The van der Waals surface area contributed by atoms with Crippen LogP contribution in [0.1, 0.15) is 38.2 Å². The maximum absolute atomic E-state index is 13.1. The second-order valence-electron chi connectivity index (χ2n) is 6.47. The number of hydrogen-bond acceptors (Lipinski definition) is 3. The summed E-state index contributed by atoms with van der Waals surface area (Å²) in [4.78, 5) is 25.9. The van der Waals surface area contributed by atoms with Gasteiger partial charge in [0, 0.05) is 19.7 Å². The zero-order valence-corrected chi connectivity index (χ0v) is 13.9. The third kappa shape index (κ3) is 4.10. The van der Waals surface area contributed by atoms with Crippen molar-refractivity contribution >= 4 is 11.9 Å². The summed E-state index contributed by atoms with van der Waals surface area (Å²) in [5.41, 5.74) is 0.974. The minimum Gasteiger partial charge on any atom is -0.481 e. The average Bonchev–Trinajstić information content (AvgIpc) is 2.90. The molecule has 1 N–H and O–H groups in total. The first kappa shape index (κ1) is 17.5. The number of carboxylic acids is 1. The van der Waals surface area contributed by atoms with Crippen LogP contribution in [0.15, 0.2) is 30.3 Å². The number of ether oxygens (including phenoxy) is 1. The molecule has 0 bridgehead atoms. The summed E-state index contributed by atoms with van der Waals surface area (Å²) in [6.45, 7) is 4.50. The minimum atomic E-state index is -0.884. The highest BCUT2D eigenvalue weighted by molar-refractivity contribution is 5.85. The fourth-order valence-electron chi connectivity index (χ4n) is 3.36. The molecule has 0 aliphatic carbocycles. The quantitative estimate of drug-likeness (QED) is 0.875. The lowest BCUT2D eigenvalue weighted by molar-refractivity contribution is -0.140. The van der Waals surface area contributed by atoms with Gasteiger partial charge in [0.15, 0.2) is 0 Å². The van der Waals surface area contributed by atoms with Gasteiger partial charge < -0.3 is 14.7 Å². The molecule has 1 aromatic carbocycles. The van der Waals surface area contributed by atoms with Crippen LogP contribution in [0.25, 0.3) is 0 Å². The van der Waals surface area contributed by atoms with E-state index >= 15 is 0 Å². The summed E-state index contributed by atoms with van der Waals surface area (Å²) < 4.78 is 5.36. The highest BCUT2D eigenvalue weighted by atomic mass is 16.5. The topological polar surface area (TPSA) is 66.8 Å². The van der Waals surface area contributed by atoms with Crippen molar-refractivity contribution in [2.45, 2.75) is 44.8 Å². The van der Waals surface area contributed by atoms with E-state index in [2.05, 4.69) is 0 Å². The lowest BCUT2D eigenvalue weighted by Gasteiger charge is -2.30. The summed E-state index contributed by atoms with van der Waals surface area (Å²) in [7, 11) is 1.60. The van der Waals surface area contributed by atoms with Crippen molar-refractivity contribution in [3.8, 4) is 0 Å². The number of amides is 1. The van der Waals surface area contributed by atoms with Crippen LogP contribution in [0.2, 0.25) is 0 Å². The normalized spacial score (nSPS) is 22.3. The van der Waals surface area contributed by atoms with Gasteiger partial charge in [-0.3, -0.25) is 9.59 Å². The summed E-state index contributed by atoms with van der Waals surface area (Å²) in [6, 6.07) is 9.39. The van der Waals surface area contributed by atoms with Crippen molar-refractivity contribution in [1.29, 1.82) is 0 Å². The lowest BCUT2D eigenvalue weighted by Crippen LogP contribution is -2.41. The fourth-order valence-corrected chi connectivity index (χ4v) is 3.36.